The van der Waals surface area contributed by atoms with Gasteiger partial charge in [0.15, 0.2) is 0 Å². The maximum atomic E-state index is 11.6. The first-order chi connectivity index (χ1) is 8.02. The van der Waals surface area contributed by atoms with Crippen LogP contribution in [0.4, 0.5) is 0 Å². The van der Waals surface area contributed by atoms with Gasteiger partial charge >= 0.3 is 5.97 Å². The Balaban J connectivity index is 4.18. The normalized spacial score (nSPS) is 11.2. The van der Waals surface area contributed by atoms with Crippen molar-refractivity contribution in [2.24, 2.45) is 0 Å². The van der Waals surface area contributed by atoms with Crippen LogP contribution in [-0.2, 0) is 9.59 Å². The van der Waals surface area contributed by atoms with E-state index in [-0.39, 0.29) is 5.91 Å². The third kappa shape index (κ3) is 5.44. The minimum absolute atomic E-state index is 0.183. The van der Waals surface area contributed by atoms with Crippen LogP contribution in [0.5, 0.6) is 0 Å². The van der Waals surface area contributed by atoms with E-state index in [0.717, 1.165) is 18.6 Å². The number of hydrogen-bond acceptors (Lipinski definition) is 3. The molecule has 0 aliphatic carbocycles. The molecule has 0 saturated carbocycles. The van der Waals surface area contributed by atoms with Crippen LogP contribution in [0, 0.1) is 0 Å². The van der Waals surface area contributed by atoms with Crippen LogP contribution < -0.4 is 5.32 Å². The molecule has 17 heavy (non-hydrogen) atoms. The molecule has 0 rings (SSSR count). The molecule has 0 saturated heterocycles. The third-order valence-corrected chi connectivity index (χ3v) is 3.91. The van der Waals surface area contributed by atoms with E-state index < -0.39 is 11.5 Å². The summed E-state index contributed by atoms with van der Waals surface area (Å²) in [5.74, 6) is 0.156. The fourth-order valence-corrected chi connectivity index (χ4v) is 2.39. The Morgan fingerprint density at radius 3 is 2.24 bits per heavy atom. The number of carboxylic acid groups (broad SMARTS) is 1. The summed E-state index contributed by atoms with van der Waals surface area (Å²) in [5, 5.41) is 11.8. The van der Waals surface area contributed by atoms with Gasteiger partial charge in [0, 0.05) is 0 Å². The maximum absolute atomic E-state index is 11.6. The van der Waals surface area contributed by atoms with Crippen molar-refractivity contribution in [1.29, 1.82) is 0 Å². The topological polar surface area (TPSA) is 66.4 Å². The molecule has 0 aliphatic heterocycles. The lowest BCUT2D eigenvalue weighted by molar-refractivity contribution is -0.147. The molecule has 100 valence electrons. The highest BCUT2D eigenvalue weighted by Crippen LogP contribution is 2.16. The van der Waals surface area contributed by atoms with Crippen molar-refractivity contribution in [2.75, 3.05) is 11.5 Å². The van der Waals surface area contributed by atoms with Gasteiger partial charge in [-0.2, -0.15) is 11.8 Å². The lowest BCUT2D eigenvalue weighted by Gasteiger charge is -2.27. The van der Waals surface area contributed by atoms with Crippen LogP contribution >= 0.6 is 11.8 Å². The number of unbranched alkanes of at least 4 members (excludes halogenated alkanes) is 1. The standard InChI is InChI=1S/C12H23NO3S/c1-4-7-8-17-9-10(14)13-12(5-2,6-3)11(15)16/h4-9H2,1-3H3,(H,13,14)(H,15,16). The molecule has 0 spiro atoms. The average molecular weight is 261 g/mol. The van der Waals surface area contributed by atoms with Crippen LogP contribution in [0.2, 0.25) is 0 Å². The molecule has 2 N–H and O–H groups in total. The van der Waals surface area contributed by atoms with E-state index in [1.807, 2.05) is 0 Å². The summed E-state index contributed by atoms with van der Waals surface area (Å²) in [5.41, 5.74) is -1.09. The predicted octanol–water partition coefficient (Wildman–Crippen LogP) is 2.28. The molecule has 0 fully saturated rings. The van der Waals surface area contributed by atoms with Gasteiger partial charge in [0.25, 0.3) is 0 Å². The molecular weight excluding hydrogens is 238 g/mol. The number of amides is 1. The second-order valence-electron chi connectivity index (χ2n) is 4.05. The summed E-state index contributed by atoms with van der Waals surface area (Å²) < 4.78 is 0. The van der Waals surface area contributed by atoms with Crippen LogP contribution in [0.3, 0.4) is 0 Å². The van der Waals surface area contributed by atoms with Gasteiger partial charge in [-0.3, -0.25) is 4.79 Å². The van der Waals surface area contributed by atoms with Crippen molar-refractivity contribution in [1.82, 2.24) is 5.32 Å². The van der Waals surface area contributed by atoms with E-state index in [1.54, 1.807) is 25.6 Å². The molecule has 0 bridgehead atoms. The molecule has 1 amide bonds. The number of rotatable bonds is 9. The van der Waals surface area contributed by atoms with Crippen LogP contribution in [0.25, 0.3) is 0 Å². The summed E-state index contributed by atoms with van der Waals surface area (Å²) in [6.07, 6.45) is 3.01. The summed E-state index contributed by atoms with van der Waals surface area (Å²) in [6.45, 7) is 5.66. The van der Waals surface area contributed by atoms with Crippen molar-refractivity contribution < 1.29 is 14.7 Å². The second-order valence-corrected chi connectivity index (χ2v) is 5.15. The fraction of sp³-hybridized carbons (Fsp3) is 0.833. The number of nitrogens with one attached hydrogen (secondary N) is 1. The molecule has 0 aromatic heterocycles. The third-order valence-electron chi connectivity index (χ3n) is 2.87. The second kappa shape index (κ2) is 8.39. The Kier molecular flexibility index (Phi) is 8.04. The molecule has 0 atom stereocenters. The largest absolute Gasteiger partial charge is 0.480 e. The minimum atomic E-state index is -1.09. The average Bonchev–Trinajstić information content (AvgIpc) is 2.31. The predicted molar refractivity (Wildman–Crippen MR) is 71.3 cm³/mol. The Hall–Kier alpha value is -0.710. The number of carbonyl (C=O) groups is 2. The lowest BCUT2D eigenvalue weighted by atomic mass is 9.93. The van der Waals surface area contributed by atoms with Crippen molar-refractivity contribution >= 4 is 23.6 Å². The number of carboxylic acids is 1. The Bertz CT molecular complexity index is 252. The molecule has 4 nitrogen and oxygen atoms in total. The Labute approximate surface area is 108 Å². The van der Waals surface area contributed by atoms with E-state index in [1.165, 1.54) is 0 Å². The molecule has 5 heteroatoms. The van der Waals surface area contributed by atoms with Gasteiger partial charge < -0.3 is 10.4 Å². The van der Waals surface area contributed by atoms with Gasteiger partial charge in [0.1, 0.15) is 5.54 Å². The zero-order valence-electron chi connectivity index (χ0n) is 10.9. The zero-order chi connectivity index (χ0) is 13.3. The molecule has 0 aromatic rings. The fourth-order valence-electron chi connectivity index (χ4n) is 1.50. The summed E-state index contributed by atoms with van der Waals surface area (Å²) >= 11 is 1.55. The molecule has 0 heterocycles. The summed E-state index contributed by atoms with van der Waals surface area (Å²) in [7, 11) is 0. The van der Waals surface area contributed by atoms with Crippen LogP contribution in [0.1, 0.15) is 46.5 Å². The van der Waals surface area contributed by atoms with Gasteiger partial charge in [0.05, 0.1) is 5.75 Å². The van der Waals surface area contributed by atoms with E-state index in [9.17, 15) is 9.59 Å². The first kappa shape index (κ1) is 16.3. The number of aliphatic carboxylic acids is 1. The van der Waals surface area contributed by atoms with E-state index in [4.69, 9.17) is 5.11 Å². The lowest BCUT2D eigenvalue weighted by Crippen LogP contribution is -2.54. The number of carbonyl (C=O) groups excluding carboxylic acids is 1. The molecule has 0 unspecified atom stereocenters. The first-order valence-electron chi connectivity index (χ1n) is 6.14. The Morgan fingerprint density at radius 1 is 1.24 bits per heavy atom. The van der Waals surface area contributed by atoms with Gasteiger partial charge in [-0.05, 0) is 25.0 Å². The quantitative estimate of drug-likeness (QED) is 0.625. The number of thioether (sulfide) groups is 1. The van der Waals surface area contributed by atoms with E-state index >= 15 is 0 Å². The van der Waals surface area contributed by atoms with E-state index in [0.29, 0.717) is 18.6 Å². The SMILES string of the molecule is CCCCSCC(=O)NC(CC)(CC)C(=O)O. The van der Waals surface area contributed by atoms with Crippen molar-refractivity contribution in [3.8, 4) is 0 Å². The van der Waals surface area contributed by atoms with Gasteiger partial charge in [-0.1, -0.05) is 27.2 Å². The Morgan fingerprint density at radius 2 is 1.82 bits per heavy atom. The van der Waals surface area contributed by atoms with Crippen molar-refractivity contribution in [3.63, 3.8) is 0 Å². The number of hydrogen-bond donors (Lipinski definition) is 2. The summed E-state index contributed by atoms with van der Waals surface area (Å²) in [6, 6.07) is 0. The summed E-state index contributed by atoms with van der Waals surface area (Å²) in [4.78, 5) is 22.8. The maximum Gasteiger partial charge on any atom is 0.329 e. The van der Waals surface area contributed by atoms with Crippen LogP contribution in [-0.4, -0.2) is 34.0 Å². The minimum Gasteiger partial charge on any atom is -0.480 e. The molecular formula is C12H23NO3S. The van der Waals surface area contributed by atoms with Gasteiger partial charge in [-0.25, -0.2) is 4.79 Å². The highest BCUT2D eigenvalue weighted by molar-refractivity contribution is 7.99. The van der Waals surface area contributed by atoms with Crippen molar-refractivity contribution in [3.05, 3.63) is 0 Å². The molecule has 0 aliphatic rings. The van der Waals surface area contributed by atoms with E-state index in [2.05, 4.69) is 12.2 Å². The van der Waals surface area contributed by atoms with Crippen molar-refractivity contribution in [2.45, 2.75) is 52.0 Å². The monoisotopic (exact) mass is 261 g/mol. The first-order valence-corrected chi connectivity index (χ1v) is 7.30. The zero-order valence-corrected chi connectivity index (χ0v) is 11.7. The van der Waals surface area contributed by atoms with Gasteiger partial charge in [-0.15, -0.1) is 0 Å². The highest BCUT2D eigenvalue weighted by Gasteiger charge is 2.36. The smallest absolute Gasteiger partial charge is 0.329 e. The van der Waals surface area contributed by atoms with Gasteiger partial charge in [0.2, 0.25) is 5.91 Å². The molecule has 0 aromatic carbocycles. The van der Waals surface area contributed by atoms with Crippen LogP contribution in [0.15, 0.2) is 0 Å². The molecule has 0 radical (unpaired) electrons. The highest BCUT2D eigenvalue weighted by atomic mass is 32.2.